The molecule has 0 amide bonds. The third kappa shape index (κ3) is 2.60. The van der Waals surface area contributed by atoms with Crippen molar-refractivity contribution >= 4 is 11.3 Å². The highest BCUT2D eigenvalue weighted by Gasteiger charge is 2.23. The van der Waals surface area contributed by atoms with Crippen LogP contribution < -0.4 is 0 Å². The highest BCUT2D eigenvalue weighted by Crippen LogP contribution is 2.25. The minimum Gasteiger partial charge on any atom is -0.282 e. The van der Waals surface area contributed by atoms with Gasteiger partial charge in [-0.1, -0.05) is 12.8 Å². The van der Waals surface area contributed by atoms with Gasteiger partial charge in [-0.2, -0.15) is 5.26 Å². The van der Waals surface area contributed by atoms with Crippen LogP contribution in [0.3, 0.4) is 0 Å². The average molecular weight is 235 g/mol. The van der Waals surface area contributed by atoms with Crippen LogP contribution in [0.15, 0.2) is 5.38 Å². The first-order chi connectivity index (χ1) is 7.81. The van der Waals surface area contributed by atoms with Crippen molar-refractivity contribution in [3.63, 3.8) is 0 Å². The Hall–Kier alpha value is -0.920. The molecular weight excluding hydrogens is 218 g/mol. The fraction of sp³-hybridized carbons (Fsp3) is 0.667. The van der Waals surface area contributed by atoms with Crippen molar-refractivity contribution in [2.24, 2.45) is 0 Å². The Kier molecular flexibility index (Phi) is 3.92. The van der Waals surface area contributed by atoms with E-state index < -0.39 is 0 Å². The maximum absolute atomic E-state index is 9.31. The molecule has 1 aromatic rings. The molecule has 1 saturated heterocycles. The zero-order chi connectivity index (χ0) is 11.4. The smallest absolute Gasteiger partial charge is 0.150 e. The number of likely N-dealkylation sites (tertiary alicyclic amines) is 1. The molecule has 0 radical (unpaired) electrons. The SMILES string of the molecule is Cc1csc(C(C#N)N2CCCCCC2)n1. The molecule has 1 aliphatic heterocycles. The van der Waals surface area contributed by atoms with E-state index in [0.717, 1.165) is 23.8 Å². The monoisotopic (exact) mass is 235 g/mol. The minimum atomic E-state index is -0.128. The summed E-state index contributed by atoms with van der Waals surface area (Å²) in [5, 5.41) is 12.3. The molecule has 0 N–H and O–H groups in total. The third-order valence-electron chi connectivity index (χ3n) is 3.00. The normalized spacial score (nSPS) is 20.0. The van der Waals surface area contributed by atoms with Crippen LogP contribution in [-0.4, -0.2) is 23.0 Å². The number of thiazole rings is 1. The van der Waals surface area contributed by atoms with Gasteiger partial charge in [-0.15, -0.1) is 11.3 Å². The molecule has 0 saturated carbocycles. The zero-order valence-corrected chi connectivity index (χ0v) is 10.5. The van der Waals surface area contributed by atoms with E-state index in [1.165, 1.54) is 25.7 Å². The second-order valence-corrected chi connectivity index (χ2v) is 5.20. The fourth-order valence-corrected chi connectivity index (χ4v) is 3.02. The van der Waals surface area contributed by atoms with Crippen molar-refractivity contribution in [3.8, 4) is 6.07 Å². The predicted molar refractivity (Wildman–Crippen MR) is 65.2 cm³/mol. The number of aromatic nitrogens is 1. The van der Waals surface area contributed by atoms with Gasteiger partial charge in [0.1, 0.15) is 5.01 Å². The molecular formula is C12H17N3S. The van der Waals surface area contributed by atoms with Gasteiger partial charge < -0.3 is 0 Å². The number of nitrogens with zero attached hydrogens (tertiary/aromatic N) is 3. The van der Waals surface area contributed by atoms with Gasteiger partial charge in [-0.05, 0) is 32.9 Å². The Morgan fingerprint density at radius 3 is 2.56 bits per heavy atom. The van der Waals surface area contributed by atoms with Crippen molar-refractivity contribution in [3.05, 3.63) is 16.1 Å². The van der Waals surface area contributed by atoms with Crippen molar-refractivity contribution in [2.45, 2.75) is 38.6 Å². The molecule has 86 valence electrons. The Bertz CT molecular complexity index is 372. The van der Waals surface area contributed by atoms with E-state index in [1.54, 1.807) is 11.3 Å². The van der Waals surface area contributed by atoms with E-state index in [1.807, 2.05) is 12.3 Å². The minimum absolute atomic E-state index is 0.128. The first kappa shape index (κ1) is 11.6. The van der Waals surface area contributed by atoms with Gasteiger partial charge in [-0.25, -0.2) is 4.98 Å². The fourth-order valence-electron chi connectivity index (χ4n) is 2.14. The topological polar surface area (TPSA) is 39.9 Å². The molecule has 16 heavy (non-hydrogen) atoms. The molecule has 3 nitrogen and oxygen atoms in total. The Morgan fingerprint density at radius 2 is 2.06 bits per heavy atom. The van der Waals surface area contributed by atoms with Crippen molar-refractivity contribution in [1.82, 2.24) is 9.88 Å². The average Bonchev–Trinajstić information content (AvgIpc) is 2.55. The molecule has 2 heterocycles. The van der Waals surface area contributed by atoms with E-state index in [4.69, 9.17) is 0 Å². The molecule has 1 aliphatic rings. The van der Waals surface area contributed by atoms with Gasteiger partial charge >= 0.3 is 0 Å². The first-order valence-electron chi connectivity index (χ1n) is 5.87. The quantitative estimate of drug-likeness (QED) is 0.791. The summed E-state index contributed by atoms with van der Waals surface area (Å²) in [5.74, 6) is 0. The van der Waals surface area contributed by atoms with Crippen LogP contribution >= 0.6 is 11.3 Å². The molecule has 0 aromatic carbocycles. The summed E-state index contributed by atoms with van der Waals surface area (Å²) in [6.07, 6.45) is 5.02. The van der Waals surface area contributed by atoms with E-state index in [9.17, 15) is 5.26 Å². The molecule has 1 aromatic heterocycles. The second-order valence-electron chi connectivity index (χ2n) is 4.31. The number of hydrogen-bond donors (Lipinski definition) is 0. The summed E-state index contributed by atoms with van der Waals surface area (Å²) in [4.78, 5) is 6.73. The molecule has 0 spiro atoms. The first-order valence-corrected chi connectivity index (χ1v) is 6.75. The Labute approximate surface area is 101 Å². The number of rotatable bonds is 2. The lowest BCUT2D eigenvalue weighted by atomic mass is 10.2. The zero-order valence-electron chi connectivity index (χ0n) is 9.65. The summed E-state index contributed by atoms with van der Waals surface area (Å²) in [7, 11) is 0. The molecule has 2 rings (SSSR count). The van der Waals surface area contributed by atoms with Crippen molar-refractivity contribution in [2.75, 3.05) is 13.1 Å². The van der Waals surface area contributed by atoms with Crippen LogP contribution in [-0.2, 0) is 0 Å². The third-order valence-corrected chi connectivity index (χ3v) is 4.01. The highest BCUT2D eigenvalue weighted by molar-refractivity contribution is 7.09. The van der Waals surface area contributed by atoms with Gasteiger partial charge in [0.25, 0.3) is 0 Å². The van der Waals surface area contributed by atoms with Crippen LogP contribution in [0.1, 0.15) is 42.4 Å². The standard InChI is InChI=1S/C12H17N3S/c1-10-9-16-12(14-10)11(8-13)15-6-4-2-3-5-7-15/h9,11H,2-7H2,1H3. The summed E-state index contributed by atoms with van der Waals surface area (Å²) in [5.41, 5.74) is 1.02. The molecule has 0 aliphatic carbocycles. The lowest BCUT2D eigenvalue weighted by Gasteiger charge is -2.23. The number of nitriles is 1. The van der Waals surface area contributed by atoms with Crippen LogP contribution in [0.2, 0.25) is 0 Å². The highest BCUT2D eigenvalue weighted by atomic mass is 32.1. The Balaban J connectivity index is 2.12. The Morgan fingerprint density at radius 1 is 1.38 bits per heavy atom. The van der Waals surface area contributed by atoms with Gasteiger partial charge in [0.15, 0.2) is 6.04 Å². The number of hydrogen-bond acceptors (Lipinski definition) is 4. The summed E-state index contributed by atoms with van der Waals surface area (Å²) < 4.78 is 0. The predicted octanol–water partition coefficient (Wildman–Crippen LogP) is 2.89. The molecule has 1 fully saturated rings. The van der Waals surface area contributed by atoms with Gasteiger partial charge in [-0.3, -0.25) is 4.90 Å². The number of aryl methyl sites for hydroxylation is 1. The summed E-state index contributed by atoms with van der Waals surface area (Å²) in [6, 6.07) is 2.28. The molecule has 1 atom stereocenters. The second kappa shape index (κ2) is 5.42. The van der Waals surface area contributed by atoms with Crippen LogP contribution in [0.25, 0.3) is 0 Å². The van der Waals surface area contributed by atoms with Crippen LogP contribution in [0.4, 0.5) is 0 Å². The van der Waals surface area contributed by atoms with E-state index in [-0.39, 0.29) is 6.04 Å². The van der Waals surface area contributed by atoms with E-state index >= 15 is 0 Å². The maximum Gasteiger partial charge on any atom is 0.150 e. The van der Waals surface area contributed by atoms with E-state index in [0.29, 0.717) is 0 Å². The van der Waals surface area contributed by atoms with Crippen molar-refractivity contribution < 1.29 is 0 Å². The maximum atomic E-state index is 9.31. The van der Waals surface area contributed by atoms with Crippen LogP contribution in [0.5, 0.6) is 0 Å². The lowest BCUT2D eigenvalue weighted by molar-refractivity contribution is 0.245. The van der Waals surface area contributed by atoms with Gasteiger partial charge in [0.05, 0.1) is 6.07 Å². The summed E-state index contributed by atoms with van der Waals surface area (Å²) >= 11 is 1.61. The molecule has 1 unspecified atom stereocenters. The largest absolute Gasteiger partial charge is 0.282 e. The molecule has 4 heteroatoms. The van der Waals surface area contributed by atoms with E-state index in [2.05, 4.69) is 16.0 Å². The van der Waals surface area contributed by atoms with Gasteiger partial charge in [0, 0.05) is 11.1 Å². The van der Waals surface area contributed by atoms with Crippen LogP contribution in [0, 0.1) is 18.3 Å². The molecule has 0 bridgehead atoms. The van der Waals surface area contributed by atoms with Gasteiger partial charge in [0.2, 0.25) is 0 Å². The summed E-state index contributed by atoms with van der Waals surface area (Å²) in [6.45, 7) is 4.06. The lowest BCUT2D eigenvalue weighted by Crippen LogP contribution is -2.28. The van der Waals surface area contributed by atoms with Crippen molar-refractivity contribution in [1.29, 1.82) is 5.26 Å².